The molecule has 0 aliphatic carbocycles. The van der Waals surface area contributed by atoms with Crippen LogP contribution in [0.3, 0.4) is 0 Å². The number of piperidine rings is 1. The number of hydrogen-bond acceptors (Lipinski definition) is 6. The largest absolute Gasteiger partial charge is 0.493 e. The number of carbonyl (C=O) groups is 1. The Bertz CT molecular complexity index is 754. The molecule has 1 atom stereocenters. The lowest BCUT2D eigenvalue weighted by atomic mass is 10.0. The number of methoxy groups -OCH3 is 2. The number of ether oxygens (including phenoxy) is 2. The van der Waals surface area contributed by atoms with Crippen LogP contribution in [0.25, 0.3) is 0 Å². The van der Waals surface area contributed by atoms with Gasteiger partial charge < -0.3 is 14.8 Å². The van der Waals surface area contributed by atoms with Crippen LogP contribution in [0.5, 0.6) is 11.5 Å². The van der Waals surface area contributed by atoms with Crippen molar-refractivity contribution in [3.8, 4) is 11.5 Å². The summed E-state index contributed by atoms with van der Waals surface area (Å²) < 4.78 is 37.5. The monoisotopic (exact) mass is 413 g/mol. The molecule has 1 aromatic carbocycles. The zero-order valence-corrected chi connectivity index (χ0v) is 17.7. The summed E-state index contributed by atoms with van der Waals surface area (Å²) >= 11 is 0. The van der Waals surface area contributed by atoms with Gasteiger partial charge in [0.2, 0.25) is 15.9 Å². The van der Waals surface area contributed by atoms with Crippen molar-refractivity contribution in [2.45, 2.75) is 43.5 Å². The molecule has 8 nitrogen and oxygen atoms in total. The summed E-state index contributed by atoms with van der Waals surface area (Å²) in [5, 5.41) is 2.86. The normalized spacial score (nSPS) is 17.9. The van der Waals surface area contributed by atoms with Crippen molar-refractivity contribution >= 4 is 15.9 Å². The van der Waals surface area contributed by atoms with Gasteiger partial charge in [-0.2, -0.15) is 0 Å². The fourth-order valence-corrected chi connectivity index (χ4v) is 4.33. The lowest BCUT2D eigenvalue weighted by Crippen LogP contribution is -2.42. The quantitative estimate of drug-likeness (QED) is 0.601. The van der Waals surface area contributed by atoms with Crippen LogP contribution in [0, 0.1) is 0 Å². The summed E-state index contributed by atoms with van der Waals surface area (Å²) in [5.74, 6) is 0.610. The summed E-state index contributed by atoms with van der Waals surface area (Å²) in [6.07, 6.45) is 3.76. The molecule has 1 amide bonds. The predicted molar refractivity (Wildman–Crippen MR) is 107 cm³/mol. The van der Waals surface area contributed by atoms with Crippen LogP contribution in [-0.2, 0) is 14.8 Å². The average molecular weight is 414 g/mol. The maximum Gasteiger partial charge on any atom is 0.240 e. The maximum absolute atomic E-state index is 12.4. The van der Waals surface area contributed by atoms with Crippen molar-refractivity contribution in [1.29, 1.82) is 0 Å². The molecule has 1 saturated heterocycles. The van der Waals surface area contributed by atoms with E-state index >= 15 is 0 Å². The average Bonchev–Trinajstić information content (AvgIpc) is 2.68. The summed E-state index contributed by atoms with van der Waals surface area (Å²) in [5.41, 5.74) is 0. The fourth-order valence-electron chi connectivity index (χ4n) is 3.28. The van der Waals surface area contributed by atoms with Gasteiger partial charge in [-0.05, 0) is 38.4 Å². The van der Waals surface area contributed by atoms with Crippen molar-refractivity contribution in [3.05, 3.63) is 18.2 Å². The first-order valence-electron chi connectivity index (χ1n) is 9.60. The molecule has 1 heterocycles. The van der Waals surface area contributed by atoms with Crippen molar-refractivity contribution in [3.63, 3.8) is 0 Å². The van der Waals surface area contributed by atoms with E-state index in [0.717, 1.165) is 13.1 Å². The minimum atomic E-state index is -3.73. The van der Waals surface area contributed by atoms with Crippen molar-refractivity contribution < 1.29 is 22.7 Å². The third kappa shape index (κ3) is 6.35. The predicted octanol–water partition coefficient (Wildman–Crippen LogP) is 1.36. The highest BCUT2D eigenvalue weighted by Gasteiger charge is 2.19. The Labute approximate surface area is 167 Å². The molecule has 158 valence electrons. The van der Waals surface area contributed by atoms with E-state index in [2.05, 4.69) is 21.9 Å². The lowest BCUT2D eigenvalue weighted by molar-refractivity contribution is -0.121. The van der Waals surface area contributed by atoms with Gasteiger partial charge in [0.25, 0.3) is 0 Å². The second-order valence-electron chi connectivity index (χ2n) is 6.90. The van der Waals surface area contributed by atoms with Gasteiger partial charge in [-0.25, -0.2) is 13.1 Å². The molecule has 0 saturated carbocycles. The Morgan fingerprint density at radius 2 is 1.93 bits per heavy atom. The van der Waals surface area contributed by atoms with Gasteiger partial charge in [-0.3, -0.25) is 9.69 Å². The van der Waals surface area contributed by atoms with E-state index in [4.69, 9.17) is 9.47 Å². The van der Waals surface area contributed by atoms with E-state index in [1.165, 1.54) is 51.7 Å². The molecule has 0 spiro atoms. The molecule has 9 heteroatoms. The highest BCUT2D eigenvalue weighted by molar-refractivity contribution is 7.89. The Morgan fingerprint density at radius 3 is 2.61 bits per heavy atom. The van der Waals surface area contributed by atoms with Gasteiger partial charge >= 0.3 is 0 Å². The number of sulfonamides is 1. The molecule has 0 aromatic heterocycles. The molecule has 2 rings (SSSR count). The Kier molecular flexibility index (Phi) is 8.53. The molecule has 1 aromatic rings. The van der Waals surface area contributed by atoms with E-state index < -0.39 is 10.0 Å². The smallest absolute Gasteiger partial charge is 0.240 e. The van der Waals surface area contributed by atoms with Crippen molar-refractivity contribution in [1.82, 2.24) is 14.9 Å². The van der Waals surface area contributed by atoms with Gasteiger partial charge in [-0.1, -0.05) is 6.42 Å². The summed E-state index contributed by atoms with van der Waals surface area (Å²) in [6, 6.07) is 4.91. The molecule has 1 aliphatic heterocycles. The van der Waals surface area contributed by atoms with Crippen LogP contribution >= 0.6 is 0 Å². The SMILES string of the molecule is COc1ccc(S(=O)(=O)NCCC(=O)NCCN2CCCCC2C)cc1OC. The highest BCUT2D eigenvalue weighted by atomic mass is 32.2. The molecule has 2 N–H and O–H groups in total. The van der Waals surface area contributed by atoms with Gasteiger partial charge in [-0.15, -0.1) is 0 Å². The molecule has 1 aliphatic rings. The van der Waals surface area contributed by atoms with Crippen molar-refractivity contribution in [2.24, 2.45) is 0 Å². The molecule has 1 unspecified atom stereocenters. The molecule has 0 radical (unpaired) electrons. The zero-order valence-electron chi connectivity index (χ0n) is 16.9. The minimum absolute atomic E-state index is 0.0304. The standard InChI is InChI=1S/C19H31N3O5S/c1-15-6-4-5-12-22(15)13-11-20-19(23)9-10-21-28(24,25)16-7-8-17(26-2)18(14-16)27-3/h7-8,14-15,21H,4-6,9-13H2,1-3H3,(H,20,23). The van der Waals surface area contributed by atoms with Crippen LogP contribution in [0.1, 0.15) is 32.6 Å². The van der Waals surface area contributed by atoms with Crippen LogP contribution in [0.2, 0.25) is 0 Å². The number of rotatable bonds is 10. The number of benzene rings is 1. The third-order valence-electron chi connectivity index (χ3n) is 4.97. The number of amides is 1. The van der Waals surface area contributed by atoms with Gasteiger partial charge in [0, 0.05) is 38.2 Å². The molecule has 28 heavy (non-hydrogen) atoms. The van der Waals surface area contributed by atoms with E-state index in [1.807, 2.05) is 0 Å². The van der Waals surface area contributed by atoms with E-state index in [0.29, 0.717) is 24.1 Å². The van der Waals surface area contributed by atoms with E-state index in [-0.39, 0.29) is 23.8 Å². The summed E-state index contributed by atoms with van der Waals surface area (Å²) in [6.45, 7) is 4.71. The van der Waals surface area contributed by atoms with Crippen LogP contribution in [0.15, 0.2) is 23.1 Å². The Morgan fingerprint density at radius 1 is 1.18 bits per heavy atom. The number of hydrogen-bond donors (Lipinski definition) is 2. The minimum Gasteiger partial charge on any atom is -0.493 e. The van der Waals surface area contributed by atoms with Crippen molar-refractivity contribution in [2.75, 3.05) is 40.4 Å². The van der Waals surface area contributed by atoms with Crippen LogP contribution in [-0.4, -0.2) is 65.7 Å². The van der Waals surface area contributed by atoms with E-state index in [9.17, 15) is 13.2 Å². The van der Waals surface area contributed by atoms with Gasteiger partial charge in [0.15, 0.2) is 11.5 Å². The Balaban J connectivity index is 1.76. The maximum atomic E-state index is 12.4. The Hall–Kier alpha value is -1.84. The topological polar surface area (TPSA) is 97.0 Å². The van der Waals surface area contributed by atoms with Crippen LogP contribution in [0.4, 0.5) is 0 Å². The molecular formula is C19H31N3O5S. The number of likely N-dealkylation sites (tertiary alicyclic amines) is 1. The fraction of sp³-hybridized carbons (Fsp3) is 0.632. The van der Waals surface area contributed by atoms with E-state index in [1.54, 1.807) is 0 Å². The second kappa shape index (κ2) is 10.6. The highest BCUT2D eigenvalue weighted by Crippen LogP contribution is 2.29. The lowest BCUT2D eigenvalue weighted by Gasteiger charge is -2.33. The van der Waals surface area contributed by atoms with Gasteiger partial charge in [0.1, 0.15) is 0 Å². The van der Waals surface area contributed by atoms with Crippen LogP contribution < -0.4 is 19.5 Å². The molecular weight excluding hydrogens is 382 g/mol. The zero-order chi connectivity index (χ0) is 20.6. The first-order chi connectivity index (χ1) is 13.4. The molecule has 1 fully saturated rings. The molecule has 0 bridgehead atoms. The first kappa shape index (κ1) is 22.4. The first-order valence-corrected chi connectivity index (χ1v) is 11.1. The van der Waals surface area contributed by atoms with Gasteiger partial charge in [0.05, 0.1) is 19.1 Å². The summed E-state index contributed by atoms with van der Waals surface area (Å²) in [4.78, 5) is 14.4. The number of nitrogens with one attached hydrogen (secondary N) is 2. The number of carbonyl (C=O) groups excluding carboxylic acids is 1. The third-order valence-corrected chi connectivity index (χ3v) is 6.43. The number of nitrogens with zero attached hydrogens (tertiary/aromatic N) is 1. The summed E-state index contributed by atoms with van der Waals surface area (Å²) in [7, 11) is -0.810. The second-order valence-corrected chi connectivity index (χ2v) is 8.66.